The number of aromatic nitrogens is 2. The maximum Gasteiger partial charge on any atom is 0.251 e. The van der Waals surface area contributed by atoms with E-state index in [9.17, 15) is 14.0 Å². The monoisotopic (exact) mass is 430 g/mol. The molecule has 162 valence electrons. The zero-order valence-corrected chi connectivity index (χ0v) is 17.6. The molecule has 6 nitrogen and oxygen atoms in total. The molecule has 32 heavy (non-hydrogen) atoms. The van der Waals surface area contributed by atoms with Crippen molar-refractivity contribution in [1.29, 1.82) is 0 Å². The average Bonchev–Trinajstić information content (AvgIpc) is 3.17. The number of nitrogens with one attached hydrogen (secondary N) is 3. The second-order valence-electron chi connectivity index (χ2n) is 7.68. The van der Waals surface area contributed by atoms with E-state index in [0.29, 0.717) is 29.1 Å². The lowest BCUT2D eigenvalue weighted by molar-refractivity contribution is -0.116. The molecule has 0 radical (unpaired) electrons. The molecular weight excluding hydrogens is 407 g/mol. The fraction of sp³-hybridized carbons (Fsp3) is 0.160. The normalized spacial score (nSPS) is 11.8. The molecular formula is C25H23FN4O2. The molecule has 4 rings (SSSR count). The third-order valence-corrected chi connectivity index (χ3v) is 5.04. The van der Waals surface area contributed by atoms with Crippen LogP contribution in [0.1, 0.15) is 35.1 Å². The van der Waals surface area contributed by atoms with Crippen LogP contribution in [0.3, 0.4) is 0 Å². The standard InChI is InChI=1S/C25H23FN4O2/c1-16(27-25(32)17-7-3-2-4-8-17)13-24(31)28-19-11-12-21-22(15-19)30-23(29-21)14-18-9-5-6-10-20(18)26/h2-12,15-16H,13-14H2,1H3,(H,27,32)(H,28,31)(H,29,30). The van der Waals surface area contributed by atoms with Crippen LogP contribution in [0.4, 0.5) is 10.1 Å². The fourth-order valence-electron chi connectivity index (χ4n) is 3.48. The van der Waals surface area contributed by atoms with Gasteiger partial charge in [-0.1, -0.05) is 36.4 Å². The first kappa shape index (κ1) is 21.2. The van der Waals surface area contributed by atoms with E-state index in [2.05, 4.69) is 20.6 Å². The van der Waals surface area contributed by atoms with E-state index < -0.39 is 0 Å². The summed E-state index contributed by atoms with van der Waals surface area (Å²) in [5.41, 5.74) is 3.21. The summed E-state index contributed by atoms with van der Waals surface area (Å²) < 4.78 is 13.9. The van der Waals surface area contributed by atoms with Crippen LogP contribution < -0.4 is 10.6 Å². The van der Waals surface area contributed by atoms with E-state index in [1.54, 1.807) is 67.6 Å². The minimum absolute atomic E-state index is 0.137. The highest BCUT2D eigenvalue weighted by atomic mass is 19.1. The van der Waals surface area contributed by atoms with Crippen molar-refractivity contribution >= 4 is 28.5 Å². The molecule has 0 saturated heterocycles. The Morgan fingerprint density at radius 3 is 2.56 bits per heavy atom. The summed E-state index contributed by atoms with van der Waals surface area (Å²) >= 11 is 0. The van der Waals surface area contributed by atoms with E-state index in [-0.39, 0.29) is 30.1 Å². The lowest BCUT2D eigenvalue weighted by atomic mass is 10.1. The molecule has 0 bridgehead atoms. The molecule has 0 aliphatic heterocycles. The van der Waals surface area contributed by atoms with Gasteiger partial charge in [-0.15, -0.1) is 0 Å². The van der Waals surface area contributed by atoms with Gasteiger partial charge in [0, 0.05) is 30.1 Å². The number of carbonyl (C=O) groups excluding carboxylic acids is 2. The Hall–Kier alpha value is -4.00. The first-order valence-corrected chi connectivity index (χ1v) is 10.4. The maximum atomic E-state index is 13.9. The number of anilines is 1. The maximum absolute atomic E-state index is 13.9. The smallest absolute Gasteiger partial charge is 0.251 e. The van der Waals surface area contributed by atoms with E-state index in [1.807, 2.05) is 6.07 Å². The van der Waals surface area contributed by atoms with Crippen LogP contribution in [0.25, 0.3) is 11.0 Å². The highest BCUT2D eigenvalue weighted by molar-refractivity contribution is 5.96. The Morgan fingerprint density at radius 2 is 1.78 bits per heavy atom. The third-order valence-electron chi connectivity index (χ3n) is 5.04. The van der Waals surface area contributed by atoms with Crippen molar-refractivity contribution in [2.45, 2.75) is 25.8 Å². The van der Waals surface area contributed by atoms with Crippen LogP contribution in [0.5, 0.6) is 0 Å². The SMILES string of the molecule is CC(CC(=O)Nc1ccc2nc(Cc3ccccc3F)[nH]c2c1)NC(=O)c1ccccc1. The van der Waals surface area contributed by atoms with Crippen LogP contribution in [0, 0.1) is 5.82 Å². The lowest BCUT2D eigenvalue weighted by Gasteiger charge is -2.14. The number of carbonyl (C=O) groups is 2. The van der Waals surface area contributed by atoms with E-state index in [4.69, 9.17) is 0 Å². The van der Waals surface area contributed by atoms with Gasteiger partial charge < -0.3 is 15.6 Å². The number of rotatable bonds is 7. The number of benzene rings is 3. The molecule has 0 spiro atoms. The summed E-state index contributed by atoms with van der Waals surface area (Å²) in [4.78, 5) is 32.3. The number of hydrogen-bond donors (Lipinski definition) is 3. The van der Waals surface area contributed by atoms with Gasteiger partial charge >= 0.3 is 0 Å². The Morgan fingerprint density at radius 1 is 1.03 bits per heavy atom. The summed E-state index contributed by atoms with van der Waals surface area (Å²) in [5, 5.41) is 5.67. The summed E-state index contributed by atoms with van der Waals surface area (Å²) in [5.74, 6) is -0.0522. The molecule has 1 unspecified atom stereocenters. The van der Waals surface area contributed by atoms with Crippen molar-refractivity contribution < 1.29 is 14.0 Å². The predicted molar refractivity (Wildman–Crippen MR) is 122 cm³/mol. The van der Waals surface area contributed by atoms with E-state index in [0.717, 1.165) is 11.0 Å². The molecule has 0 aliphatic rings. The second kappa shape index (κ2) is 9.43. The Labute approximate surface area is 184 Å². The van der Waals surface area contributed by atoms with Crippen LogP contribution >= 0.6 is 0 Å². The summed E-state index contributed by atoms with van der Waals surface area (Å²) in [6.07, 6.45) is 0.486. The van der Waals surface area contributed by atoms with Gasteiger partial charge in [-0.2, -0.15) is 0 Å². The predicted octanol–water partition coefficient (Wildman–Crippen LogP) is 4.44. The van der Waals surface area contributed by atoms with Gasteiger partial charge in [-0.3, -0.25) is 9.59 Å². The molecule has 1 atom stereocenters. The topological polar surface area (TPSA) is 86.9 Å². The average molecular weight is 430 g/mol. The summed E-state index contributed by atoms with van der Waals surface area (Å²) in [6, 6.07) is 20.5. The molecule has 3 N–H and O–H groups in total. The van der Waals surface area contributed by atoms with Crippen molar-refractivity contribution in [3.8, 4) is 0 Å². The van der Waals surface area contributed by atoms with Crippen molar-refractivity contribution in [2.75, 3.05) is 5.32 Å². The van der Waals surface area contributed by atoms with E-state index in [1.165, 1.54) is 6.07 Å². The van der Waals surface area contributed by atoms with Crippen molar-refractivity contribution in [3.63, 3.8) is 0 Å². The van der Waals surface area contributed by atoms with Gasteiger partial charge in [0.1, 0.15) is 11.6 Å². The molecule has 0 fully saturated rings. The summed E-state index contributed by atoms with van der Waals surface area (Å²) in [6.45, 7) is 1.79. The zero-order chi connectivity index (χ0) is 22.5. The van der Waals surface area contributed by atoms with E-state index >= 15 is 0 Å². The molecule has 3 aromatic carbocycles. The van der Waals surface area contributed by atoms with Crippen LogP contribution in [0.2, 0.25) is 0 Å². The fourth-order valence-corrected chi connectivity index (χ4v) is 3.48. The number of H-pyrrole nitrogens is 1. The van der Waals surface area contributed by atoms with Crippen LogP contribution in [-0.2, 0) is 11.2 Å². The molecule has 1 heterocycles. The number of hydrogen-bond acceptors (Lipinski definition) is 3. The van der Waals surface area contributed by atoms with Gasteiger partial charge in [-0.25, -0.2) is 9.37 Å². The van der Waals surface area contributed by atoms with Crippen molar-refractivity contribution in [2.24, 2.45) is 0 Å². The highest BCUT2D eigenvalue weighted by Gasteiger charge is 2.14. The number of aromatic amines is 1. The molecule has 0 saturated carbocycles. The number of imidazole rings is 1. The Balaban J connectivity index is 1.36. The van der Waals surface area contributed by atoms with Crippen LogP contribution in [0.15, 0.2) is 72.8 Å². The molecule has 0 aliphatic carbocycles. The molecule has 4 aromatic rings. The molecule has 7 heteroatoms. The first-order valence-electron chi connectivity index (χ1n) is 10.4. The number of amides is 2. The number of halogens is 1. The third kappa shape index (κ3) is 5.18. The quantitative estimate of drug-likeness (QED) is 0.405. The molecule has 1 aromatic heterocycles. The number of fused-ring (bicyclic) bond motifs is 1. The van der Waals surface area contributed by atoms with Gasteiger partial charge in [0.25, 0.3) is 5.91 Å². The van der Waals surface area contributed by atoms with Gasteiger partial charge in [-0.05, 0) is 48.9 Å². The minimum Gasteiger partial charge on any atom is -0.349 e. The van der Waals surface area contributed by atoms with Crippen LogP contribution in [-0.4, -0.2) is 27.8 Å². The Kier molecular flexibility index (Phi) is 6.26. The number of nitrogens with zero attached hydrogens (tertiary/aromatic N) is 1. The van der Waals surface area contributed by atoms with Crippen molar-refractivity contribution in [3.05, 3.63) is 95.6 Å². The van der Waals surface area contributed by atoms with Gasteiger partial charge in [0.05, 0.1) is 11.0 Å². The molecule has 2 amide bonds. The van der Waals surface area contributed by atoms with Gasteiger partial charge in [0.15, 0.2) is 0 Å². The lowest BCUT2D eigenvalue weighted by Crippen LogP contribution is -2.35. The first-order chi connectivity index (χ1) is 15.5. The zero-order valence-electron chi connectivity index (χ0n) is 17.6. The summed E-state index contributed by atoms with van der Waals surface area (Å²) in [7, 11) is 0. The largest absolute Gasteiger partial charge is 0.349 e. The van der Waals surface area contributed by atoms with Gasteiger partial charge in [0.2, 0.25) is 5.91 Å². The van der Waals surface area contributed by atoms with Crippen molar-refractivity contribution in [1.82, 2.24) is 15.3 Å². The highest BCUT2D eigenvalue weighted by Crippen LogP contribution is 2.20. The minimum atomic E-state index is -0.328. The second-order valence-corrected chi connectivity index (χ2v) is 7.68. The Bertz CT molecular complexity index is 1250.